The monoisotopic (exact) mass is 349 g/mol. The third-order valence-electron chi connectivity index (χ3n) is 4.64. The Balaban J connectivity index is 1.97. The minimum absolute atomic E-state index is 0.0731. The van der Waals surface area contributed by atoms with Gasteiger partial charge in [0.15, 0.2) is 11.3 Å². The lowest BCUT2D eigenvalue weighted by atomic mass is 10.1. The Morgan fingerprint density at radius 2 is 2.04 bits per heavy atom. The van der Waals surface area contributed by atoms with Gasteiger partial charge in [-0.3, -0.25) is 14.5 Å². The normalized spacial score (nSPS) is 12.9. The lowest BCUT2D eigenvalue weighted by Gasteiger charge is -2.19. The zero-order chi connectivity index (χ0) is 18.3. The van der Waals surface area contributed by atoms with Crippen LogP contribution in [0.4, 0.5) is 0 Å². The Morgan fingerprint density at radius 1 is 1.19 bits per heavy atom. The molecule has 0 fully saturated rings. The first kappa shape index (κ1) is 16.4. The van der Waals surface area contributed by atoms with Crippen LogP contribution in [0.25, 0.3) is 33.5 Å². The van der Waals surface area contributed by atoms with E-state index in [1.165, 1.54) is 4.57 Å². The summed E-state index contributed by atoms with van der Waals surface area (Å²) in [6.07, 6.45) is 3.40. The summed E-state index contributed by atoms with van der Waals surface area (Å²) in [5.74, 6) is 0.0731. The fraction of sp³-hybridized carbons (Fsp3) is 0.263. The van der Waals surface area contributed by atoms with Crippen LogP contribution in [-0.2, 0) is 0 Å². The molecule has 3 aromatic heterocycles. The lowest BCUT2D eigenvalue weighted by Crippen LogP contribution is -2.28. The molecule has 4 rings (SSSR count). The molecule has 132 valence electrons. The van der Waals surface area contributed by atoms with Gasteiger partial charge in [-0.1, -0.05) is 32.0 Å². The summed E-state index contributed by atoms with van der Waals surface area (Å²) in [6.45, 7) is 3.77. The number of benzene rings is 1. The van der Waals surface area contributed by atoms with Crippen molar-refractivity contribution in [2.45, 2.75) is 19.9 Å². The maximum absolute atomic E-state index is 12.4. The lowest BCUT2D eigenvalue weighted by molar-refractivity contribution is 0.193. The maximum Gasteiger partial charge on any atom is 0.329 e. The van der Waals surface area contributed by atoms with Crippen LogP contribution >= 0.6 is 0 Å². The van der Waals surface area contributed by atoms with Crippen molar-refractivity contribution in [2.75, 3.05) is 6.61 Å². The number of hydrogen-bond acceptors (Lipinski definition) is 5. The second-order valence-corrected chi connectivity index (χ2v) is 6.60. The molecule has 0 aliphatic carbocycles. The van der Waals surface area contributed by atoms with Crippen LogP contribution in [0.5, 0.6) is 0 Å². The Hall–Kier alpha value is -3.06. The van der Waals surface area contributed by atoms with E-state index < -0.39 is 0 Å². The molecule has 2 N–H and O–H groups in total. The van der Waals surface area contributed by atoms with E-state index in [2.05, 4.69) is 15.0 Å². The van der Waals surface area contributed by atoms with Gasteiger partial charge in [-0.25, -0.2) is 14.8 Å². The van der Waals surface area contributed by atoms with Crippen LogP contribution in [-0.4, -0.2) is 36.2 Å². The molecular weight excluding hydrogens is 330 g/mol. The molecule has 0 spiro atoms. The quantitative estimate of drug-likeness (QED) is 0.590. The van der Waals surface area contributed by atoms with Crippen molar-refractivity contribution < 1.29 is 5.11 Å². The number of aliphatic hydroxyl groups excluding tert-OH is 1. The van der Waals surface area contributed by atoms with Crippen LogP contribution < -0.4 is 5.69 Å². The van der Waals surface area contributed by atoms with Gasteiger partial charge in [0, 0.05) is 17.1 Å². The third-order valence-corrected chi connectivity index (χ3v) is 4.64. The molecule has 26 heavy (non-hydrogen) atoms. The van der Waals surface area contributed by atoms with Crippen molar-refractivity contribution in [3.63, 3.8) is 0 Å². The summed E-state index contributed by atoms with van der Waals surface area (Å²) in [6, 6.07) is 9.32. The predicted molar refractivity (Wildman–Crippen MR) is 99.8 cm³/mol. The Bertz CT molecular complexity index is 1140. The van der Waals surface area contributed by atoms with Gasteiger partial charge in [0.25, 0.3) is 0 Å². The molecule has 0 radical (unpaired) electrons. The van der Waals surface area contributed by atoms with Crippen LogP contribution in [0.1, 0.15) is 19.9 Å². The van der Waals surface area contributed by atoms with Gasteiger partial charge < -0.3 is 5.11 Å². The molecule has 3 heterocycles. The number of aromatic amines is 1. The van der Waals surface area contributed by atoms with Gasteiger partial charge in [-0.2, -0.15) is 0 Å². The Kier molecular flexibility index (Phi) is 4.00. The van der Waals surface area contributed by atoms with E-state index in [-0.39, 0.29) is 24.3 Å². The smallest absolute Gasteiger partial charge is 0.329 e. The number of rotatable bonds is 4. The highest BCUT2D eigenvalue weighted by molar-refractivity contribution is 5.93. The molecule has 0 saturated carbocycles. The third kappa shape index (κ3) is 2.57. The number of nitrogens with one attached hydrogen (secondary N) is 1. The van der Waals surface area contributed by atoms with E-state index in [0.29, 0.717) is 17.0 Å². The molecule has 0 aliphatic heterocycles. The molecule has 7 heteroatoms. The molecule has 0 saturated heterocycles. The van der Waals surface area contributed by atoms with Gasteiger partial charge in [0.2, 0.25) is 0 Å². The molecule has 0 bridgehead atoms. The summed E-state index contributed by atoms with van der Waals surface area (Å²) in [5, 5.41) is 10.7. The SMILES string of the molecule is CC(C)C(CO)n1c(=O)[nH]c2ncc(-c3cccc4ncccc34)nc21. The molecule has 1 atom stereocenters. The Labute approximate surface area is 149 Å². The van der Waals surface area contributed by atoms with Gasteiger partial charge in [-0.05, 0) is 18.1 Å². The van der Waals surface area contributed by atoms with Crippen molar-refractivity contribution >= 4 is 22.2 Å². The highest BCUT2D eigenvalue weighted by Gasteiger charge is 2.22. The molecule has 0 amide bonds. The average Bonchev–Trinajstić information content (AvgIpc) is 2.97. The summed E-state index contributed by atoms with van der Waals surface area (Å²) in [7, 11) is 0. The molecule has 0 aliphatic rings. The first-order valence-electron chi connectivity index (χ1n) is 8.52. The van der Waals surface area contributed by atoms with Crippen molar-refractivity contribution in [3.05, 3.63) is 53.2 Å². The highest BCUT2D eigenvalue weighted by Crippen LogP contribution is 2.27. The van der Waals surface area contributed by atoms with Gasteiger partial charge in [0.05, 0.1) is 30.1 Å². The number of pyridine rings is 1. The van der Waals surface area contributed by atoms with E-state index in [9.17, 15) is 9.90 Å². The van der Waals surface area contributed by atoms with Crippen molar-refractivity contribution in [1.29, 1.82) is 0 Å². The van der Waals surface area contributed by atoms with Crippen LogP contribution in [0.3, 0.4) is 0 Å². The first-order chi connectivity index (χ1) is 12.6. The Morgan fingerprint density at radius 3 is 2.81 bits per heavy atom. The van der Waals surface area contributed by atoms with E-state index in [0.717, 1.165) is 16.5 Å². The minimum atomic E-state index is -0.366. The highest BCUT2D eigenvalue weighted by atomic mass is 16.3. The number of hydrogen-bond donors (Lipinski definition) is 2. The summed E-state index contributed by atoms with van der Waals surface area (Å²) >= 11 is 0. The van der Waals surface area contributed by atoms with Crippen LogP contribution in [0, 0.1) is 5.92 Å². The number of imidazole rings is 1. The van der Waals surface area contributed by atoms with Crippen molar-refractivity contribution in [3.8, 4) is 11.3 Å². The van der Waals surface area contributed by atoms with E-state index in [4.69, 9.17) is 4.98 Å². The van der Waals surface area contributed by atoms with Crippen molar-refractivity contribution in [1.82, 2.24) is 24.5 Å². The summed E-state index contributed by atoms with van der Waals surface area (Å²) in [5.41, 5.74) is 2.97. The standard InChI is InChI=1S/C19H19N5O2/c1-11(2)16(10-25)24-18-17(23-19(24)26)21-9-15(22-18)13-5-3-7-14-12(13)6-4-8-20-14/h3-9,11,16,25H,10H2,1-2H3,(H,21,23,26). The minimum Gasteiger partial charge on any atom is -0.394 e. The first-order valence-corrected chi connectivity index (χ1v) is 8.52. The van der Waals surface area contributed by atoms with Gasteiger partial charge in [-0.15, -0.1) is 0 Å². The number of H-pyrrole nitrogens is 1. The topological polar surface area (TPSA) is 96.7 Å². The molecular formula is C19H19N5O2. The largest absolute Gasteiger partial charge is 0.394 e. The fourth-order valence-electron chi connectivity index (χ4n) is 3.25. The average molecular weight is 349 g/mol. The molecule has 7 nitrogen and oxygen atoms in total. The number of aromatic nitrogens is 5. The predicted octanol–water partition coefficient (Wildman–Crippen LogP) is 2.52. The van der Waals surface area contributed by atoms with E-state index in [1.807, 2.05) is 44.2 Å². The molecule has 4 aromatic rings. The zero-order valence-electron chi connectivity index (χ0n) is 14.5. The number of nitrogens with zero attached hydrogens (tertiary/aromatic N) is 4. The second kappa shape index (κ2) is 6.34. The van der Waals surface area contributed by atoms with Gasteiger partial charge in [0.1, 0.15) is 0 Å². The summed E-state index contributed by atoms with van der Waals surface area (Å²) in [4.78, 5) is 28.6. The van der Waals surface area contributed by atoms with Gasteiger partial charge >= 0.3 is 5.69 Å². The second-order valence-electron chi connectivity index (χ2n) is 6.60. The number of fused-ring (bicyclic) bond motifs is 2. The maximum atomic E-state index is 12.4. The van der Waals surface area contributed by atoms with Crippen molar-refractivity contribution in [2.24, 2.45) is 5.92 Å². The zero-order valence-corrected chi connectivity index (χ0v) is 14.5. The van der Waals surface area contributed by atoms with E-state index in [1.54, 1.807) is 12.4 Å². The van der Waals surface area contributed by atoms with E-state index >= 15 is 0 Å². The molecule has 1 aromatic carbocycles. The van der Waals surface area contributed by atoms with Crippen LogP contribution in [0.15, 0.2) is 47.5 Å². The van der Waals surface area contributed by atoms with Crippen LogP contribution in [0.2, 0.25) is 0 Å². The summed E-state index contributed by atoms with van der Waals surface area (Å²) < 4.78 is 1.50. The fourth-order valence-corrected chi connectivity index (χ4v) is 3.25. The molecule has 1 unspecified atom stereocenters. The number of aliphatic hydroxyl groups is 1.